The lowest BCUT2D eigenvalue weighted by molar-refractivity contribution is -0.143. The van der Waals surface area contributed by atoms with Crippen LogP contribution in [0.15, 0.2) is 30.3 Å². The third-order valence-corrected chi connectivity index (χ3v) is 11.4. The molecule has 404 valence electrons. The van der Waals surface area contributed by atoms with E-state index in [1.54, 1.807) is 58.0 Å². The van der Waals surface area contributed by atoms with Crippen LogP contribution in [-0.2, 0) is 59.2 Å². The molecular formula is C47H77N11O14. The van der Waals surface area contributed by atoms with E-state index < -0.39 is 139 Å². The summed E-state index contributed by atoms with van der Waals surface area (Å²) in [6.07, 6.45) is 0.652. The minimum absolute atomic E-state index is 0.0194. The second-order valence-corrected chi connectivity index (χ2v) is 18.0. The zero-order chi connectivity index (χ0) is 54.5. The minimum atomic E-state index is -1.76. The van der Waals surface area contributed by atoms with E-state index >= 15 is 0 Å². The summed E-state index contributed by atoms with van der Waals surface area (Å²) in [7, 11) is 0. The molecule has 0 spiro atoms. The molecule has 0 aromatic heterocycles. The molecule has 0 radical (unpaired) electrons. The molecule has 72 heavy (non-hydrogen) atoms. The maximum atomic E-state index is 14.1. The van der Waals surface area contributed by atoms with Crippen LogP contribution in [0.25, 0.3) is 0 Å². The second-order valence-electron chi connectivity index (χ2n) is 18.0. The average Bonchev–Trinajstić information content (AvgIpc) is 3.32. The third kappa shape index (κ3) is 24.9. The van der Waals surface area contributed by atoms with Gasteiger partial charge in [-0.3, -0.25) is 47.9 Å². The number of hydrogen-bond donors (Lipinski definition) is 14. The number of hydrogen-bond acceptors (Lipinski definition) is 14. The number of nitrogens with two attached hydrogens (primary N) is 3. The number of carbonyl (C=O) groups excluding carboxylic acids is 8. The zero-order valence-electron chi connectivity index (χ0n) is 41.8. The number of carboxylic acids is 3. The van der Waals surface area contributed by atoms with E-state index in [0.717, 1.165) is 0 Å². The minimum Gasteiger partial charge on any atom is -0.481 e. The highest BCUT2D eigenvalue weighted by Crippen LogP contribution is 2.13. The van der Waals surface area contributed by atoms with E-state index in [9.17, 15) is 68.1 Å². The van der Waals surface area contributed by atoms with E-state index in [1.165, 1.54) is 6.92 Å². The molecule has 1 rings (SSSR count). The third-order valence-electron chi connectivity index (χ3n) is 11.4. The SMILES string of the molecule is CC[C@H](C)[C@H](NC(=O)[C@H](CCCCN)NC(=O)[C@H](CC(C)C)NC(=O)[C@H](CCC(=O)O)NC(=O)CNC(=O)[C@@H](N)CCCCN)C(=O)N[C@@H](C)C(=O)N[C@@H](CC(=O)O)C(=O)N[C@@H](Cc1ccccc1)C(=O)O. The highest BCUT2D eigenvalue weighted by molar-refractivity contribution is 5.98. The number of aliphatic carboxylic acids is 3. The second kappa shape index (κ2) is 33.8. The fourth-order valence-corrected chi connectivity index (χ4v) is 7.06. The number of carbonyl (C=O) groups is 11. The van der Waals surface area contributed by atoms with Gasteiger partial charge in [0.15, 0.2) is 0 Å². The van der Waals surface area contributed by atoms with Gasteiger partial charge in [0.05, 0.1) is 19.0 Å². The van der Waals surface area contributed by atoms with Gasteiger partial charge in [0.25, 0.3) is 0 Å². The van der Waals surface area contributed by atoms with Crippen LogP contribution in [0.1, 0.15) is 111 Å². The summed E-state index contributed by atoms with van der Waals surface area (Å²) in [5.41, 5.74) is 17.6. The first kappa shape index (κ1) is 63.3. The molecule has 9 atom stereocenters. The van der Waals surface area contributed by atoms with Crippen LogP contribution >= 0.6 is 0 Å². The summed E-state index contributed by atoms with van der Waals surface area (Å²) in [5.74, 6) is -12.0. The molecule has 25 heteroatoms. The lowest BCUT2D eigenvalue weighted by Gasteiger charge is -2.29. The van der Waals surface area contributed by atoms with Gasteiger partial charge in [0, 0.05) is 12.8 Å². The number of benzene rings is 1. The molecule has 0 fully saturated rings. The molecule has 0 aliphatic heterocycles. The summed E-state index contributed by atoms with van der Waals surface area (Å²) in [6.45, 7) is 8.19. The van der Waals surface area contributed by atoms with Gasteiger partial charge in [-0.15, -0.1) is 0 Å². The molecule has 0 heterocycles. The first-order valence-electron chi connectivity index (χ1n) is 24.2. The Morgan fingerprint density at radius 2 is 1.08 bits per heavy atom. The van der Waals surface area contributed by atoms with Crippen molar-refractivity contribution in [3.05, 3.63) is 35.9 Å². The molecule has 0 unspecified atom stereocenters. The number of carboxylic acid groups (broad SMARTS) is 3. The Morgan fingerprint density at radius 3 is 1.64 bits per heavy atom. The monoisotopic (exact) mass is 1020 g/mol. The average molecular weight is 1020 g/mol. The van der Waals surface area contributed by atoms with E-state index in [-0.39, 0.29) is 38.1 Å². The van der Waals surface area contributed by atoms with Gasteiger partial charge in [-0.1, -0.05) is 70.9 Å². The topological polar surface area (TPSA) is 423 Å². The predicted octanol–water partition coefficient (Wildman–Crippen LogP) is -2.14. The van der Waals surface area contributed by atoms with Gasteiger partial charge in [0.2, 0.25) is 47.3 Å². The molecule has 25 nitrogen and oxygen atoms in total. The Kier molecular flexibility index (Phi) is 29.7. The summed E-state index contributed by atoms with van der Waals surface area (Å²) in [4.78, 5) is 143. The number of rotatable bonds is 36. The van der Waals surface area contributed by atoms with Gasteiger partial charge >= 0.3 is 17.9 Å². The Morgan fingerprint density at radius 1 is 0.556 bits per heavy atom. The Bertz CT molecular complexity index is 1970. The first-order valence-corrected chi connectivity index (χ1v) is 24.2. The van der Waals surface area contributed by atoms with Crippen molar-refractivity contribution in [2.45, 2.75) is 160 Å². The highest BCUT2D eigenvalue weighted by atomic mass is 16.4. The lowest BCUT2D eigenvalue weighted by atomic mass is 9.96. The van der Waals surface area contributed by atoms with Gasteiger partial charge in [0.1, 0.15) is 42.3 Å². The quantitative estimate of drug-likeness (QED) is 0.0319. The zero-order valence-corrected chi connectivity index (χ0v) is 41.8. The van der Waals surface area contributed by atoms with Crippen LogP contribution in [0.4, 0.5) is 0 Å². The van der Waals surface area contributed by atoms with Crippen molar-refractivity contribution in [3.63, 3.8) is 0 Å². The number of nitrogens with one attached hydrogen (secondary N) is 8. The molecule has 0 saturated heterocycles. The molecule has 1 aromatic carbocycles. The molecule has 17 N–H and O–H groups in total. The van der Waals surface area contributed by atoms with Crippen molar-refractivity contribution in [1.82, 2.24) is 42.5 Å². The van der Waals surface area contributed by atoms with Crippen molar-refractivity contribution in [1.29, 1.82) is 0 Å². The molecular weight excluding hydrogens is 943 g/mol. The smallest absolute Gasteiger partial charge is 0.326 e. The maximum Gasteiger partial charge on any atom is 0.326 e. The molecule has 0 aliphatic carbocycles. The van der Waals surface area contributed by atoms with Gasteiger partial charge < -0.3 is 75.1 Å². The van der Waals surface area contributed by atoms with E-state index in [2.05, 4.69) is 42.5 Å². The van der Waals surface area contributed by atoms with Gasteiger partial charge in [-0.25, -0.2) is 4.79 Å². The van der Waals surface area contributed by atoms with Crippen molar-refractivity contribution in [2.24, 2.45) is 29.0 Å². The van der Waals surface area contributed by atoms with Crippen LogP contribution in [0.5, 0.6) is 0 Å². The Labute approximate surface area is 419 Å². The number of amides is 8. The fraction of sp³-hybridized carbons (Fsp3) is 0.638. The summed E-state index contributed by atoms with van der Waals surface area (Å²) in [5, 5.41) is 48.3. The van der Waals surface area contributed by atoms with Crippen LogP contribution in [0.2, 0.25) is 0 Å². The van der Waals surface area contributed by atoms with Crippen molar-refractivity contribution >= 4 is 65.2 Å². The van der Waals surface area contributed by atoms with Crippen LogP contribution in [0, 0.1) is 11.8 Å². The number of unbranched alkanes of at least 4 members (excludes halogenated alkanes) is 2. The van der Waals surface area contributed by atoms with E-state index in [4.69, 9.17) is 17.2 Å². The maximum absolute atomic E-state index is 14.1. The summed E-state index contributed by atoms with van der Waals surface area (Å²) < 4.78 is 0. The molecule has 0 aliphatic rings. The van der Waals surface area contributed by atoms with Crippen molar-refractivity contribution in [3.8, 4) is 0 Å². The molecule has 0 saturated carbocycles. The molecule has 0 bridgehead atoms. The van der Waals surface area contributed by atoms with Crippen molar-refractivity contribution in [2.75, 3.05) is 19.6 Å². The largest absolute Gasteiger partial charge is 0.481 e. The first-order chi connectivity index (χ1) is 33.9. The molecule has 8 amide bonds. The lowest BCUT2D eigenvalue weighted by Crippen LogP contribution is -2.60. The molecule has 1 aromatic rings. The van der Waals surface area contributed by atoms with Gasteiger partial charge in [-0.05, 0) is 82.4 Å². The van der Waals surface area contributed by atoms with Crippen LogP contribution in [0.3, 0.4) is 0 Å². The summed E-state index contributed by atoms with van der Waals surface area (Å²) in [6, 6.07) is -2.69. The standard InChI is InChI=1S/C47H77N11O14/c1-6-27(4)39(46(70)52-28(5)40(64)55-34(24-38(62)63)45(69)57-35(47(71)72)23-29-14-8-7-9-15-29)58-43(67)31(17-11-13-21-49)54-44(68)33(22-26(2)3)56-42(66)32(18-19-37(60)61)53-36(59)25-51-41(65)30(50)16-10-12-20-48/h7-9,14-15,26-28,30-35,39H,6,10-13,16-25,48-50H2,1-5H3,(H,51,65)(H,52,70)(H,53,59)(H,54,68)(H,55,64)(H,56,66)(H,57,69)(H,58,67)(H,60,61)(H,62,63)(H,71,72)/t27-,28-,30-,31-,32-,33-,34-,35-,39-/m0/s1. The van der Waals surface area contributed by atoms with E-state index in [0.29, 0.717) is 50.6 Å². The van der Waals surface area contributed by atoms with Crippen LogP contribution < -0.4 is 59.7 Å². The van der Waals surface area contributed by atoms with Gasteiger partial charge in [-0.2, -0.15) is 0 Å². The highest BCUT2D eigenvalue weighted by Gasteiger charge is 2.35. The Balaban J connectivity index is 3.27. The predicted molar refractivity (Wildman–Crippen MR) is 262 cm³/mol. The van der Waals surface area contributed by atoms with E-state index in [1.807, 2.05) is 0 Å². The summed E-state index contributed by atoms with van der Waals surface area (Å²) >= 11 is 0. The van der Waals surface area contributed by atoms with Crippen LogP contribution in [-0.4, -0.2) is 148 Å². The van der Waals surface area contributed by atoms with Crippen molar-refractivity contribution < 1.29 is 68.1 Å². The normalized spacial score (nSPS) is 14.8. The Hall–Kier alpha value is -6.73. The fourth-order valence-electron chi connectivity index (χ4n) is 7.06.